The number of carbonyl (C=O) groups is 1. The number of hydrogen-bond acceptors (Lipinski definition) is 4. The molecule has 0 amide bonds. The number of rotatable bonds is 4. The van der Waals surface area contributed by atoms with Crippen molar-refractivity contribution in [3.05, 3.63) is 72.5 Å². The molecule has 0 radical (unpaired) electrons. The molecule has 0 bridgehead atoms. The van der Waals surface area contributed by atoms with E-state index in [-0.39, 0.29) is 5.76 Å². The van der Waals surface area contributed by atoms with E-state index in [1.54, 1.807) is 6.92 Å². The maximum atomic E-state index is 12.3. The number of nitrogens with one attached hydrogen (secondary N) is 1. The molecule has 124 valence electrons. The normalized spacial score (nSPS) is 10.9. The number of esters is 1. The number of fused-ring (bicyclic) bond motifs is 2. The van der Waals surface area contributed by atoms with Gasteiger partial charge in [-0.1, -0.05) is 48.5 Å². The van der Waals surface area contributed by atoms with Gasteiger partial charge in [-0.2, -0.15) is 0 Å². The summed E-state index contributed by atoms with van der Waals surface area (Å²) in [5.74, 6) is -0.280. The van der Waals surface area contributed by atoms with Crippen LogP contribution >= 0.6 is 0 Å². The minimum absolute atomic E-state index is 0.191. The molecule has 4 rings (SSSR count). The quantitative estimate of drug-likeness (QED) is 0.501. The minimum Gasteiger partial charge on any atom is -0.460 e. The highest BCUT2D eigenvalue weighted by molar-refractivity contribution is 6.07. The van der Waals surface area contributed by atoms with E-state index >= 15 is 0 Å². The van der Waals surface area contributed by atoms with E-state index < -0.39 is 5.97 Å². The average molecular weight is 331 g/mol. The molecule has 3 aromatic carbocycles. The van der Waals surface area contributed by atoms with Crippen LogP contribution in [0.4, 0.5) is 11.4 Å². The molecule has 0 saturated heterocycles. The second-order valence-electron chi connectivity index (χ2n) is 5.67. The summed E-state index contributed by atoms with van der Waals surface area (Å²) in [4.78, 5) is 12.3. The molecule has 0 atom stereocenters. The van der Waals surface area contributed by atoms with Crippen LogP contribution in [0.1, 0.15) is 17.5 Å². The van der Waals surface area contributed by atoms with Crippen LogP contribution in [0.2, 0.25) is 0 Å². The summed E-state index contributed by atoms with van der Waals surface area (Å²) < 4.78 is 10.9. The van der Waals surface area contributed by atoms with Crippen LogP contribution in [-0.2, 0) is 4.74 Å². The molecule has 0 aliphatic carbocycles. The maximum Gasteiger partial charge on any atom is 0.376 e. The summed E-state index contributed by atoms with van der Waals surface area (Å²) in [6.45, 7) is 2.07. The minimum atomic E-state index is -0.471. The van der Waals surface area contributed by atoms with Crippen molar-refractivity contribution in [3.63, 3.8) is 0 Å². The summed E-state index contributed by atoms with van der Waals surface area (Å²) in [6, 6.07) is 21.7. The first-order valence-electron chi connectivity index (χ1n) is 8.21. The monoisotopic (exact) mass is 331 g/mol. The Morgan fingerprint density at radius 2 is 1.68 bits per heavy atom. The summed E-state index contributed by atoms with van der Waals surface area (Å²) in [5, 5.41) is 6.43. The third-order valence-electron chi connectivity index (χ3n) is 4.11. The lowest BCUT2D eigenvalue weighted by molar-refractivity contribution is 0.0494. The van der Waals surface area contributed by atoms with Gasteiger partial charge in [0, 0.05) is 16.5 Å². The van der Waals surface area contributed by atoms with Gasteiger partial charge in [-0.25, -0.2) is 4.79 Å². The van der Waals surface area contributed by atoms with Crippen LogP contribution in [0.25, 0.3) is 21.7 Å². The summed E-state index contributed by atoms with van der Waals surface area (Å²) >= 11 is 0. The summed E-state index contributed by atoms with van der Waals surface area (Å²) in [7, 11) is 0. The van der Waals surface area contributed by atoms with Crippen LogP contribution in [0.3, 0.4) is 0 Å². The number of para-hydroxylation sites is 1. The fraction of sp³-hybridized carbons (Fsp3) is 0.0952. The van der Waals surface area contributed by atoms with Crippen molar-refractivity contribution in [3.8, 4) is 0 Å². The Hall–Kier alpha value is -3.27. The van der Waals surface area contributed by atoms with E-state index in [0.29, 0.717) is 17.9 Å². The molecule has 0 aliphatic rings. The van der Waals surface area contributed by atoms with E-state index in [1.165, 1.54) is 0 Å². The average Bonchev–Trinajstić information content (AvgIpc) is 3.01. The molecule has 1 N–H and O–H groups in total. The second kappa shape index (κ2) is 6.32. The highest BCUT2D eigenvalue weighted by Gasteiger charge is 2.22. The molecule has 0 aliphatic heterocycles. The van der Waals surface area contributed by atoms with Crippen molar-refractivity contribution in [2.75, 3.05) is 11.9 Å². The Morgan fingerprint density at radius 1 is 0.960 bits per heavy atom. The predicted octanol–water partition coefficient (Wildman–Crippen LogP) is 5.51. The van der Waals surface area contributed by atoms with Gasteiger partial charge >= 0.3 is 5.97 Å². The van der Waals surface area contributed by atoms with Gasteiger partial charge in [-0.15, -0.1) is 0 Å². The van der Waals surface area contributed by atoms with Gasteiger partial charge in [0.15, 0.2) is 0 Å². The third kappa shape index (κ3) is 2.72. The Labute approximate surface area is 145 Å². The first kappa shape index (κ1) is 15.3. The van der Waals surface area contributed by atoms with Crippen molar-refractivity contribution in [1.82, 2.24) is 0 Å². The Kier molecular flexibility index (Phi) is 3.86. The molecule has 1 heterocycles. The van der Waals surface area contributed by atoms with E-state index in [0.717, 1.165) is 21.8 Å². The van der Waals surface area contributed by atoms with Gasteiger partial charge in [0.05, 0.1) is 6.61 Å². The van der Waals surface area contributed by atoms with Gasteiger partial charge in [0.2, 0.25) is 5.76 Å². The largest absolute Gasteiger partial charge is 0.460 e. The first-order valence-corrected chi connectivity index (χ1v) is 8.21. The van der Waals surface area contributed by atoms with Gasteiger partial charge in [-0.3, -0.25) is 0 Å². The number of benzene rings is 3. The number of furan rings is 1. The highest BCUT2D eigenvalue weighted by Crippen LogP contribution is 2.35. The van der Waals surface area contributed by atoms with E-state index in [4.69, 9.17) is 9.15 Å². The zero-order valence-corrected chi connectivity index (χ0v) is 13.8. The van der Waals surface area contributed by atoms with Crippen molar-refractivity contribution >= 4 is 39.1 Å². The molecule has 0 spiro atoms. The van der Waals surface area contributed by atoms with Crippen molar-refractivity contribution in [2.45, 2.75) is 6.92 Å². The molecule has 0 fully saturated rings. The van der Waals surface area contributed by atoms with E-state index in [2.05, 4.69) is 17.4 Å². The number of ether oxygens (including phenoxy) is 1. The van der Waals surface area contributed by atoms with Crippen molar-refractivity contribution in [2.24, 2.45) is 0 Å². The van der Waals surface area contributed by atoms with Gasteiger partial charge < -0.3 is 14.5 Å². The number of carbonyl (C=O) groups excluding carboxylic acids is 1. The Morgan fingerprint density at radius 3 is 2.52 bits per heavy atom. The highest BCUT2D eigenvalue weighted by atomic mass is 16.5. The van der Waals surface area contributed by atoms with Crippen LogP contribution in [0.5, 0.6) is 0 Å². The molecule has 1 aromatic heterocycles. The second-order valence-corrected chi connectivity index (χ2v) is 5.67. The van der Waals surface area contributed by atoms with Crippen molar-refractivity contribution in [1.29, 1.82) is 0 Å². The zero-order valence-electron chi connectivity index (χ0n) is 13.8. The fourth-order valence-electron chi connectivity index (χ4n) is 2.98. The topological polar surface area (TPSA) is 51.5 Å². The molecule has 25 heavy (non-hydrogen) atoms. The molecule has 4 aromatic rings. The lowest BCUT2D eigenvalue weighted by Crippen LogP contribution is -2.06. The molecular formula is C21H17NO3. The van der Waals surface area contributed by atoms with E-state index in [9.17, 15) is 4.79 Å². The van der Waals surface area contributed by atoms with Gasteiger partial charge in [0.1, 0.15) is 11.3 Å². The standard InChI is InChI=1S/C21H17NO3/c1-2-24-21(23)20-19(16-11-5-6-13-18(16)25-20)22-17-12-7-9-14-8-3-4-10-15(14)17/h3-13,22H,2H2,1H3. The number of anilines is 2. The van der Waals surface area contributed by atoms with Gasteiger partial charge in [-0.05, 0) is 30.5 Å². The molecular weight excluding hydrogens is 314 g/mol. The first-order chi connectivity index (χ1) is 12.3. The van der Waals surface area contributed by atoms with Crippen LogP contribution in [-0.4, -0.2) is 12.6 Å². The fourth-order valence-corrected chi connectivity index (χ4v) is 2.98. The Balaban J connectivity index is 1.87. The summed E-state index contributed by atoms with van der Waals surface area (Å²) in [6.07, 6.45) is 0. The van der Waals surface area contributed by atoms with Crippen LogP contribution in [0.15, 0.2) is 71.1 Å². The van der Waals surface area contributed by atoms with Crippen molar-refractivity contribution < 1.29 is 13.9 Å². The summed E-state index contributed by atoms with van der Waals surface area (Å²) in [5.41, 5.74) is 2.19. The smallest absolute Gasteiger partial charge is 0.376 e. The SMILES string of the molecule is CCOC(=O)c1oc2ccccc2c1Nc1cccc2ccccc12. The number of hydrogen-bond donors (Lipinski definition) is 1. The lowest BCUT2D eigenvalue weighted by Gasteiger charge is -2.10. The molecule has 4 nitrogen and oxygen atoms in total. The third-order valence-corrected chi connectivity index (χ3v) is 4.11. The molecule has 4 heteroatoms. The van der Waals surface area contributed by atoms with Crippen LogP contribution in [0, 0.1) is 0 Å². The van der Waals surface area contributed by atoms with Gasteiger partial charge in [0.25, 0.3) is 0 Å². The van der Waals surface area contributed by atoms with Crippen LogP contribution < -0.4 is 5.32 Å². The predicted molar refractivity (Wildman–Crippen MR) is 99.4 cm³/mol. The maximum absolute atomic E-state index is 12.3. The van der Waals surface area contributed by atoms with E-state index in [1.807, 2.05) is 54.6 Å². The Bertz CT molecular complexity index is 1060. The molecule has 0 unspecified atom stereocenters. The molecule has 0 saturated carbocycles. The lowest BCUT2D eigenvalue weighted by atomic mass is 10.1. The zero-order chi connectivity index (χ0) is 17.2.